The summed E-state index contributed by atoms with van der Waals surface area (Å²) in [5.41, 5.74) is 0. The lowest BCUT2D eigenvalue weighted by Crippen LogP contribution is -2.56. The lowest BCUT2D eigenvalue weighted by atomic mass is 9.75. The molecule has 2 saturated carbocycles. The molecule has 1 heterocycles. The van der Waals surface area contributed by atoms with Crippen molar-refractivity contribution in [1.82, 2.24) is 15.1 Å². The Labute approximate surface area is 204 Å². The summed E-state index contributed by atoms with van der Waals surface area (Å²) in [6, 6.07) is -0.0997. The van der Waals surface area contributed by atoms with Crippen molar-refractivity contribution in [2.45, 2.75) is 63.1 Å². The number of ether oxygens (including phenoxy) is 1. The highest BCUT2D eigenvalue weighted by molar-refractivity contribution is 5.87. The summed E-state index contributed by atoms with van der Waals surface area (Å²) in [7, 11) is 3.81. The molecule has 200 valence electrons. The molecule has 2 aliphatic carbocycles. The van der Waals surface area contributed by atoms with Crippen molar-refractivity contribution >= 4 is 11.8 Å². The Balaban J connectivity index is 1.68. The van der Waals surface area contributed by atoms with Gasteiger partial charge in [-0.2, -0.15) is 13.2 Å². The first-order valence-corrected chi connectivity index (χ1v) is 12.3. The van der Waals surface area contributed by atoms with Crippen molar-refractivity contribution in [1.29, 1.82) is 0 Å². The second-order valence-electron chi connectivity index (χ2n) is 10.5. The second-order valence-corrected chi connectivity index (χ2v) is 10.5. The van der Waals surface area contributed by atoms with Crippen LogP contribution in [0, 0.1) is 23.7 Å². The lowest BCUT2D eigenvalue weighted by Gasteiger charge is -2.42. The van der Waals surface area contributed by atoms with E-state index >= 15 is 0 Å². The van der Waals surface area contributed by atoms with Crippen molar-refractivity contribution in [2.24, 2.45) is 23.7 Å². The fourth-order valence-electron chi connectivity index (χ4n) is 5.77. The van der Waals surface area contributed by atoms with E-state index in [0.29, 0.717) is 19.6 Å². The van der Waals surface area contributed by atoms with Crippen molar-refractivity contribution in [3.05, 3.63) is 12.2 Å². The van der Waals surface area contributed by atoms with Crippen molar-refractivity contribution in [2.75, 3.05) is 40.3 Å². The van der Waals surface area contributed by atoms with Gasteiger partial charge in [0.15, 0.2) is 0 Å². The van der Waals surface area contributed by atoms with Crippen LogP contribution in [0.15, 0.2) is 12.2 Å². The molecule has 11 heteroatoms. The Kier molecular flexibility index (Phi) is 9.22. The Morgan fingerprint density at radius 3 is 2.54 bits per heavy atom. The summed E-state index contributed by atoms with van der Waals surface area (Å²) in [4.78, 5) is 29.4. The van der Waals surface area contributed by atoms with Gasteiger partial charge in [-0.3, -0.25) is 9.59 Å². The number of aliphatic hydroxyl groups excluding tert-OH is 2. The number of nitrogens with one attached hydrogen (secondary N) is 1. The SMILES string of the molecule is CC1C(O)CC(O)C(C(=O)N2CC3CCCC(NC(=O)/C=C/CN(C)C)C3C2)C1OCC(F)(F)F. The molecule has 3 fully saturated rings. The maximum Gasteiger partial charge on any atom is 0.411 e. The average Bonchev–Trinajstić information content (AvgIpc) is 3.19. The molecule has 0 radical (unpaired) electrons. The van der Waals surface area contributed by atoms with E-state index in [9.17, 15) is 33.0 Å². The Hall–Kier alpha value is -1.69. The first-order chi connectivity index (χ1) is 16.4. The number of nitrogens with zero attached hydrogens (tertiary/aromatic N) is 2. The van der Waals surface area contributed by atoms with Gasteiger partial charge in [0.25, 0.3) is 0 Å². The molecule has 0 aromatic heterocycles. The standard InChI is InChI=1S/C24H38F3N3O5/c1-14-18(31)10-19(32)21(22(14)35-13-24(25,26)27)23(34)30-11-15-6-4-7-17(16(15)12-30)28-20(33)8-5-9-29(2)3/h5,8,14-19,21-22,31-32H,4,6-7,9-13H2,1-3H3,(H,28,33)/b8-5+. The number of hydrogen-bond acceptors (Lipinski definition) is 6. The fourth-order valence-corrected chi connectivity index (χ4v) is 5.77. The van der Waals surface area contributed by atoms with Gasteiger partial charge >= 0.3 is 6.18 Å². The van der Waals surface area contributed by atoms with Gasteiger partial charge in [0.05, 0.1) is 24.2 Å². The number of amides is 2. The molecule has 0 aromatic carbocycles. The number of rotatable bonds is 7. The third kappa shape index (κ3) is 7.18. The van der Waals surface area contributed by atoms with Crippen molar-refractivity contribution in [3.8, 4) is 0 Å². The van der Waals surface area contributed by atoms with E-state index in [1.165, 1.54) is 13.0 Å². The minimum Gasteiger partial charge on any atom is -0.393 e. The summed E-state index contributed by atoms with van der Waals surface area (Å²) in [5.74, 6) is -2.35. The van der Waals surface area contributed by atoms with E-state index in [1.807, 2.05) is 19.0 Å². The molecule has 0 aromatic rings. The third-order valence-corrected chi connectivity index (χ3v) is 7.58. The molecular weight excluding hydrogens is 467 g/mol. The van der Waals surface area contributed by atoms with Gasteiger partial charge in [0.2, 0.25) is 11.8 Å². The number of aliphatic hydroxyl groups is 2. The number of carbonyl (C=O) groups is 2. The predicted molar refractivity (Wildman–Crippen MR) is 122 cm³/mol. The number of likely N-dealkylation sites (N-methyl/N-ethyl adjacent to an activating group) is 1. The van der Waals surface area contributed by atoms with Gasteiger partial charge in [-0.25, -0.2) is 0 Å². The summed E-state index contributed by atoms with van der Waals surface area (Å²) in [6.45, 7) is 1.42. The highest BCUT2D eigenvalue weighted by Gasteiger charge is 2.51. The van der Waals surface area contributed by atoms with Gasteiger partial charge < -0.3 is 30.1 Å². The summed E-state index contributed by atoms with van der Waals surface area (Å²) in [5, 5.41) is 23.9. The Bertz CT molecular complexity index is 778. The maximum atomic E-state index is 13.5. The molecule has 1 saturated heterocycles. The van der Waals surface area contributed by atoms with Gasteiger partial charge in [0, 0.05) is 50.0 Å². The maximum absolute atomic E-state index is 13.5. The fraction of sp³-hybridized carbons (Fsp3) is 0.833. The topological polar surface area (TPSA) is 102 Å². The minimum atomic E-state index is -4.59. The first-order valence-electron chi connectivity index (χ1n) is 12.3. The minimum absolute atomic E-state index is 0.0391. The molecule has 35 heavy (non-hydrogen) atoms. The first kappa shape index (κ1) is 27.9. The number of fused-ring (bicyclic) bond motifs is 1. The van der Waals surface area contributed by atoms with E-state index in [-0.39, 0.29) is 30.2 Å². The molecule has 8 nitrogen and oxygen atoms in total. The van der Waals surface area contributed by atoms with Crippen LogP contribution >= 0.6 is 0 Å². The van der Waals surface area contributed by atoms with Gasteiger partial charge in [-0.1, -0.05) is 19.4 Å². The van der Waals surface area contributed by atoms with Crippen LogP contribution in [0.3, 0.4) is 0 Å². The van der Waals surface area contributed by atoms with E-state index in [1.54, 1.807) is 11.0 Å². The van der Waals surface area contributed by atoms with Crippen LogP contribution in [0.4, 0.5) is 13.2 Å². The summed E-state index contributed by atoms with van der Waals surface area (Å²) < 4.78 is 43.6. The highest BCUT2D eigenvalue weighted by Crippen LogP contribution is 2.40. The zero-order valence-electron chi connectivity index (χ0n) is 20.6. The van der Waals surface area contributed by atoms with E-state index < -0.39 is 48.8 Å². The average molecular weight is 506 g/mol. The van der Waals surface area contributed by atoms with Crippen LogP contribution in [-0.4, -0.2) is 103 Å². The number of alkyl halides is 3. The van der Waals surface area contributed by atoms with Crippen LogP contribution in [0.1, 0.15) is 32.6 Å². The van der Waals surface area contributed by atoms with Crippen molar-refractivity contribution < 1.29 is 37.7 Å². The molecule has 3 rings (SSSR count). The zero-order valence-corrected chi connectivity index (χ0v) is 20.6. The lowest BCUT2D eigenvalue weighted by molar-refractivity contribution is -0.217. The van der Waals surface area contributed by atoms with Crippen LogP contribution in [0.2, 0.25) is 0 Å². The van der Waals surface area contributed by atoms with Gasteiger partial charge in [0.1, 0.15) is 6.61 Å². The van der Waals surface area contributed by atoms with Crippen molar-refractivity contribution in [3.63, 3.8) is 0 Å². The molecule has 2 amide bonds. The monoisotopic (exact) mass is 505 g/mol. The molecule has 3 aliphatic rings. The number of likely N-dealkylation sites (tertiary alicyclic amines) is 1. The number of hydrogen-bond donors (Lipinski definition) is 3. The summed E-state index contributed by atoms with van der Waals surface area (Å²) in [6.07, 6.45) is -2.41. The normalized spacial score (nSPS) is 36.0. The zero-order chi connectivity index (χ0) is 25.9. The molecule has 8 atom stereocenters. The molecule has 0 spiro atoms. The van der Waals surface area contributed by atoms with Crippen LogP contribution in [0.5, 0.6) is 0 Å². The van der Waals surface area contributed by atoms with E-state index in [4.69, 9.17) is 4.74 Å². The number of carbonyl (C=O) groups excluding carboxylic acids is 2. The number of halogens is 3. The molecule has 1 aliphatic heterocycles. The van der Waals surface area contributed by atoms with Gasteiger partial charge in [-0.15, -0.1) is 0 Å². The van der Waals surface area contributed by atoms with E-state index in [2.05, 4.69) is 5.32 Å². The van der Waals surface area contributed by atoms with Crippen LogP contribution in [0.25, 0.3) is 0 Å². The molecule has 0 bridgehead atoms. The molecular formula is C24H38F3N3O5. The summed E-state index contributed by atoms with van der Waals surface area (Å²) >= 11 is 0. The van der Waals surface area contributed by atoms with Crippen LogP contribution in [-0.2, 0) is 14.3 Å². The third-order valence-electron chi connectivity index (χ3n) is 7.58. The van der Waals surface area contributed by atoms with Crippen LogP contribution < -0.4 is 5.32 Å². The molecule has 3 N–H and O–H groups in total. The Morgan fingerprint density at radius 1 is 1.17 bits per heavy atom. The second kappa shape index (κ2) is 11.6. The quantitative estimate of drug-likeness (QED) is 0.449. The smallest absolute Gasteiger partial charge is 0.393 e. The van der Waals surface area contributed by atoms with E-state index in [0.717, 1.165) is 19.3 Å². The predicted octanol–water partition coefficient (Wildman–Crippen LogP) is 1.17. The Morgan fingerprint density at radius 2 is 1.89 bits per heavy atom. The molecule has 8 unspecified atom stereocenters. The largest absolute Gasteiger partial charge is 0.411 e. The van der Waals surface area contributed by atoms with Gasteiger partial charge in [-0.05, 0) is 32.9 Å². The highest BCUT2D eigenvalue weighted by atomic mass is 19.4.